The molecule has 0 saturated carbocycles. The summed E-state index contributed by atoms with van der Waals surface area (Å²) in [6.45, 7) is 8.83. The molecule has 0 spiro atoms. The lowest BCUT2D eigenvalue weighted by atomic mass is 9.93. The molecule has 0 aliphatic carbocycles. The molecule has 27 heavy (non-hydrogen) atoms. The van der Waals surface area contributed by atoms with Gasteiger partial charge in [-0.3, -0.25) is 9.69 Å². The summed E-state index contributed by atoms with van der Waals surface area (Å²) in [5.74, 6) is 0.694. The second-order valence-electron chi connectivity index (χ2n) is 8.59. The Hall–Kier alpha value is -1.40. The summed E-state index contributed by atoms with van der Waals surface area (Å²) < 4.78 is 2.16. The summed E-state index contributed by atoms with van der Waals surface area (Å²) in [7, 11) is 0. The van der Waals surface area contributed by atoms with Crippen LogP contribution in [0.3, 0.4) is 0 Å². The molecule has 3 fully saturated rings. The van der Waals surface area contributed by atoms with Crippen LogP contribution in [0.1, 0.15) is 44.9 Å². The maximum absolute atomic E-state index is 12.8. The summed E-state index contributed by atoms with van der Waals surface area (Å²) >= 11 is 0. The molecule has 0 radical (unpaired) electrons. The average Bonchev–Trinajstić information content (AvgIpc) is 3.42. The quantitative estimate of drug-likeness (QED) is 0.766. The largest absolute Gasteiger partial charge is 0.342 e. The van der Waals surface area contributed by atoms with Gasteiger partial charge in [0.05, 0.1) is 12.2 Å². The van der Waals surface area contributed by atoms with Crippen LogP contribution in [0.25, 0.3) is 0 Å². The van der Waals surface area contributed by atoms with Crippen molar-refractivity contribution in [2.75, 3.05) is 45.8 Å². The van der Waals surface area contributed by atoms with E-state index >= 15 is 0 Å². The normalized spacial score (nSPS) is 25.9. The zero-order valence-electron chi connectivity index (χ0n) is 16.6. The van der Waals surface area contributed by atoms with Crippen molar-refractivity contribution in [3.8, 4) is 0 Å². The van der Waals surface area contributed by atoms with Crippen molar-refractivity contribution in [1.82, 2.24) is 24.3 Å². The first kappa shape index (κ1) is 18.9. The molecule has 1 aromatic rings. The predicted octanol–water partition coefficient (Wildman–Crippen LogP) is 2.07. The molecule has 3 saturated heterocycles. The van der Waals surface area contributed by atoms with E-state index in [4.69, 9.17) is 0 Å². The zero-order valence-corrected chi connectivity index (χ0v) is 16.6. The van der Waals surface area contributed by atoms with E-state index in [1.54, 1.807) is 0 Å². The van der Waals surface area contributed by atoms with Gasteiger partial charge in [0.2, 0.25) is 5.91 Å². The van der Waals surface area contributed by atoms with E-state index in [0.29, 0.717) is 11.9 Å². The van der Waals surface area contributed by atoms with Crippen molar-refractivity contribution in [2.45, 2.75) is 57.5 Å². The summed E-state index contributed by atoms with van der Waals surface area (Å²) in [5, 5.41) is 0. The fourth-order valence-electron chi connectivity index (χ4n) is 5.14. The van der Waals surface area contributed by atoms with Crippen LogP contribution >= 0.6 is 0 Å². The minimum absolute atomic E-state index is 0.255. The van der Waals surface area contributed by atoms with E-state index in [0.717, 1.165) is 32.6 Å². The summed E-state index contributed by atoms with van der Waals surface area (Å²) in [6, 6.07) is 0.684. The lowest BCUT2D eigenvalue weighted by Gasteiger charge is -2.42. The van der Waals surface area contributed by atoms with E-state index in [9.17, 15) is 4.79 Å². The molecule has 6 nitrogen and oxygen atoms in total. The maximum atomic E-state index is 12.8. The first-order chi connectivity index (χ1) is 13.3. The summed E-state index contributed by atoms with van der Waals surface area (Å²) in [6.07, 6.45) is 14.2. The van der Waals surface area contributed by atoms with Gasteiger partial charge in [-0.1, -0.05) is 0 Å². The smallest absolute Gasteiger partial charge is 0.226 e. The van der Waals surface area contributed by atoms with Crippen LogP contribution in [0.5, 0.6) is 0 Å². The number of imidazole rings is 1. The van der Waals surface area contributed by atoms with E-state index in [1.807, 2.05) is 18.7 Å². The molecule has 1 amide bonds. The minimum atomic E-state index is 0.255. The van der Waals surface area contributed by atoms with Gasteiger partial charge in [0.15, 0.2) is 0 Å². The zero-order chi connectivity index (χ0) is 18.5. The van der Waals surface area contributed by atoms with E-state index in [1.165, 1.54) is 64.7 Å². The molecule has 3 aliphatic rings. The third kappa shape index (κ3) is 4.91. The Labute approximate surface area is 163 Å². The second kappa shape index (κ2) is 9.20. The standard InChI is InChI=1S/C21H35N5O/c27-21(25-11-1-2-12-25)19-5-3-13-26(17-19)20-6-14-23(15-7-20)9-4-10-24-16-8-22-18-24/h8,16,18-20H,1-7,9-15,17H2. The molecule has 1 aromatic heterocycles. The van der Waals surface area contributed by atoms with Crippen LogP contribution in [0.4, 0.5) is 0 Å². The van der Waals surface area contributed by atoms with Gasteiger partial charge in [-0.05, 0) is 71.1 Å². The number of likely N-dealkylation sites (tertiary alicyclic amines) is 3. The fourth-order valence-corrected chi connectivity index (χ4v) is 5.14. The van der Waals surface area contributed by atoms with Crippen LogP contribution < -0.4 is 0 Å². The van der Waals surface area contributed by atoms with Gasteiger partial charge >= 0.3 is 0 Å². The molecule has 150 valence electrons. The van der Waals surface area contributed by atoms with Crippen LogP contribution in [0.2, 0.25) is 0 Å². The van der Waals surface area contributed by atoms with Crippen LogP contribution in [0, 0.1) is 5.92 Å². The molecule has 4 rings (SSSR count). The van der Waals surface area contributed by atoms with Gasteiger partial charge in [-0.25, -0.2) is 4.98 Å². The van der Waals surface area contributed by atoms with Crippen molar-refractivity contribution >= 4 is 5.91 Å². The van der Waals surface area contributed by atoms with Gasteiger partial charge in [-0.2, -0.15) is 0 Å². The van der Waals surface area contributed by atoms with Crippen molar-refractivity contribution in [2.24, 2.45) is 5.92 Å². The maximum Gasteiger partial charge on any atom is 0.226 e. The number of nitrogens with zero attached hydrogens (tertiary/aromatic N) is 5. The number of hydrogen-bond acceptors (Lipinski definition) is 4. The highest BCUT2D eigenvalue weighted by atomic mass is 16.2. The summed E-state index contributed by atoms with van der Waals surface area (Å²) in [4.78, 5) is 24.3. The topological polar surface area (TPSA) is 44.6 Å². The highest BCUT2D eigenvalue weighted by molar-refractivity contribution is 5.79. The molecular weight excluding hydrogens is 338 g/mol. The van der Waals surface area contributed by atoms with Gasteiger partial charge in [-0.15, -0.1) is 0 Å². The lowest BCUT2D eigenvalue weighted by molar-refractivity contribution is -0.136. The van der Waals surface area contributed by atoms with E-state index < -0.39 is 0 Å². The third-order valence-corrected chi connectivity index (χ3v) is 6.74. The Morgan fingerprint density at radius 1 is 0.963 bits per heavy atom. The number of carbonyl (C=O) groups excluding carboxylic acids is 1. The Morgan fingerprint density at radius 3 is 2.52 bits per heavy atom. The second-order valence-corrected chi connectivity index (χ2v) is 8.59. The first-order valence-electron chi connectivity index (χ1n) is 11.0. The fraction of sp³-hybridized carbons (Fsp3) is 0.810. The molecule has 0 bridgehead atoms. The van der Waals surface area contributed by atoms with Crippen molar-refractivity contribution < 1.29 is 4.79 Å². The van der Waals surface area contributed by atoms with Gasteiger partial charge in [0.1, 0.15) is 0 Å². The van der Waals surface area contributed by atoms with Crippen LogP contribution in [-0.4, -0.2) is 82.0 Å². The molecular formula is C21H35N5O. The number of aromatic nitrogens is 2. The Bertz CT molecular complexity index is 575. The molecule has 1 atom stereocenters. The number of carbonyl (C=O) groups is 1. The molecule has 0 N–H and O–H groups in total. The molecule has 0 aromatic carbocycles. The average molecular weight is 374 g/mol. The number of piperidine rings is 2. The molecule has 4 heterocycles. The number of hydrogen-bond donors (Lipinski definition) is 0. The van der Waals surface area contributed by atoms with Gasteiger partial charge in [0, 0.05) is 44.6 Å². The highest BCUT2D eigenvalue weighted by Gasteiger charge is 2.34. The Kier molecular flexibility index (Phi) is 6.45. The van der Waals surface area contributed by atoms with Gasteiger partial charge in [0.25, 0.3) is 0 Å². The monoisotopic (exact) mass is 373 g/mol. The number of amides is 1. The van der Waals surface area contributed by atoms with Crippen LogP contribution in [0.15, 0.2) is 18.7 Å². The lowest BCUT2D eigenvalue weighted by Crippen LogP contribution is -2.51. The third-order valence-electron chi connectivity index (χ3n) is 6.74. The van der Waals surface area contributed by atoms with Crippen molar-refractivity contribution in [3.05, 3.63) is 18.7 Å². The van der Waals surface area contributed by atoms with Gasteiger partial charge < -0.3 is 14.4 Å². The van der Waals surface area contributed by atoms with Crippen molar-refractivity contribution in [3.63, 3.8) is 0 Å². The van der Waals surface area contributed by atoms with E-state index in [-0.39, 0.29) is 5.92 Å². The number of rotatable bonds is 6. The number of aryl methyl sites for hydroxylation is 1. The Balaban J connectivity index is 1.19. The summed E-state index contributed by atoms with van der Waals surface area (Å²) in [5.41, 5.74) is 0. The molecule has 1 unspecified atom stereocenters. The van der Waals surface area contributed by atoms with E-state index in [2.05, 4.69) is 24.3 Å². The highest BCUT2D eigenvalue weighted by Crippen LogP contribution is 2.26. The van der Waals surface area contributed by atoms with Crippen LogP contribution in [-0.2, 0) is 11.3 Å². The first-order valence-corrected chi connectivity index (χ1v) is 11.0. The minimum Gasteiger partial charge on any atom is -0.342 e. The Morgan fingerprint density at radius 2 is 1.78 bits per heavy atom. The van der Waals surface area contributed by atoms with Crippen molar-refractivity contribution in [1.29, 1.82) is 0 Å². The predicted molar refractivity (Wildman–Crippen MR) is 106 cm³/mol. The SMILES string of the molecule is O=C(C1CCCN(C2CCN(CCCn3ccnc3)CC2)C1)N1CCCC1. The molecule has 3 aliphatic heterocycles. The molecule has 6 heteroatoms.